The fourth-order valence-corrected chi connectivity index (χ4v) is 7.51. The molecule has 3 aromatic carbocycles. The fraction of sp³-hybridized carbons (Fsp3) is 0.324. The van der Waals surface area contributed by atoms with Crippen molar-refractivity contribution in [2.45, 2.75) is 55.7 Å². The third-order valence-electron chi connectivity index (χ3n) is 9.58. The van der Waals surface area contributed by atoms with Crippen molar-refractivity contribution in [3.8, 4) is 39.9 Å². The zero-order valence-corrected chi connectivity index (χ0v) is 26.1. The van der Waals surface area contributed by atoms with E-state index in [9.17, 15) is 18.4 Å². The van der Waals surface area contributed by atoms with Crippen molar-refractivity contribution >= 4 is 17.5 Å². The summed E-state index contributed by atoms with van der Waals surface area (Å²) < 4.78 is 78.9. The van der Waals surface area contributed by atoms with Crippen LogP contribution in [-0.4, -0.2) is 41.2 Å². The summed E-state index contributed by atoms with van der Waals surface area (Å²) >= 11 is 6.65. The lowest BCUT2D eigenvalue weighted by Gasteiger charge is -2.35. The fourth-order valence-electron chi connectivity index (χ4n) is 7.24. The summed E-state index contributed by atoms with van der Waals surface area (Å²) in [4.78, 5) is 26.6. The number of hydrogen-bond donors (Lipinski definition) is 2. The number of fused-ring (bicyclic) bond motifs is 3. The van der Waals surface area contributed by atoms with Crippen LogP contribution in [0.1, 0.15) is 53.2 Å². The van der Waals surface area contributed by atoms with Gasteiger partial charge in [-0.15, -0.1) is 0 Å². The Balaban J connectivity index is 1.29. The normalized spacial score (nSPS) is 22.0. The molecular formula is C34H27ClF4N4O5. The molecule has 0 spiro atoms. The predicted molar refractivity (Wildman–Crippen MR) is 166 cm³/mol. The monoisotopic (exact) mass is 682 g/mol. The quantitative estimate of drug-likeness (QED) is 0.200. The number of ether oxygens (including phenoxy) is 3. The van der Waals surface area contributed by atoms with Gasteiger partial charge in [-0.05, 0) is 31.0 Å². The summed E-state index contributed by atoms with van der Waals surface area (Å²) in [6, 6.07) is 10.7. The third kappa shape index (κ3) is 4.58. The van der Waals surface area contributed by atoms with Gasteiger partial charge in [-0.2, -0.15) is 5.10 Å². The number of alkyl halides is 2. The number of nitrogens with zero attached hydrogens (tertiary/aromatic N) is 2. The van der Waals surface area contributed by atoms with Crippen molar-refractivity contribution in [3.05, 3.63) is 92.4 Å². The molecule has 2 N–H and O–H groups in total. The Labute approximate surface area is 275 Å². The number of amides is 1. The van der Waals surface area contributed by atoms with Gasteiger partial charge in [-0.25, -0.2) is 22.2 Å². The predicted octanol–water partition coefficient (Wildman–Crippen LogP) is 6.65. The molecule has 1 saturated heterocycles. The number of hydrogen-bond acceptors (Lipinski definition) is 7. The maximum absolute atomic E-state index is 17.0. The van der Waals surface area contributed by atoms with Gasteiger partial charge in [0.05, 0.1) is 28.9 Å². The second-order valence-electron chi connectivity index (χ2n) is 12.4. The summed E-state index contributed by atoms with van der Waals surface area (Å²) in [5.41, 5.74) is -1.45. The van der Waals surface area contributed by atoms with Gasteiger partial charge >= 0.3 is 5.56 Å². The SMILES string of the molecule is CNC(=O)c1cc2c(c(F)c1-c1c(Cl)c(F)cc3c1C[C@](c1ccccc1)([C@@H]1CCCN1)O3)Oc1c(cnn(C3CC(F)(F)C3)c1=O)O2. The first-order chi connectivity index (χ1) is 23.0. The second-order valence-corrected chi connectivity index (χ2v) is 12.8. The van der Waals surface area contributed by atoms with Gasteiger partial charge < -0.3 is 24.8 Å². The number of carbonyl (C=O) groups is 1. The van der Waals surface area contributed by atoms with Crippen LogP contribution in [-0.2, 0) is 12.0 Å². The number of nitrogens with one attached hydrogen (secondary N) is 2. The first-order valence-corrected chi connectivity index (χ1v) is 15.8. The van der Waals surface area contributed by atoms with E-state index in [4.69, 9.17) is 25.8 Å². The van der Waals surface area contributed by atoms with E-state index in [1.54, 1.807) is 0 Å². The molecule has 1 saturated carbocycles. The van der Waals surface area contributed by atoms with Crippen LogP contribution in [0.4, 0.5) is 17.6 Å². The van der Waals surface area contributed by atoms with Crippen LogP contribution in [0, 0.1) is 11.6 Å². The van der Waals surface area contributed by atoms with Crippen LogP contribution in [0.5, 0.6) is 28.7 Å². The maximum atomic E-state index is 17.0. The molecule has 8 rings (SSSR count). The van der Waals surface area contributed by atoms with E-state index in [0.29, 0.717) is 5.56 Å². The van der Waals surface area contributed by atoms with Gasteiger partial charge in [-0.3, -0.25) is 9.59 Å². The van der Waals surface area contributed by atoms with Crippen molar-refractivity contribution in [2.75, 3.05) is 13.6 Å². The Morgan fingerprint density at radius 2 is 1.83 bits per heavy atom. The van der Waals surface area contributed by atoms with Crippen molar-refractivity contribution in [2.24, 2.45) is 0 Å². The van der Waals surface area contributed by atoms with Crippen LogP contribution in [0.25, 0.3) is 11.1 Å². The topological polar surface area (TPSA) is 104 Å². The Morgan fingerprint density at radius 1 is 1.06 bits per heavy atom. The molecule has 9 nitrogen and oxygen atoms in total. The standard InChI is InChI=1S/C34H27ClF4N4O5/c1-40-31(44)18-10-22-29(47-30-23(46-22)15-42-43(32(30)45)17-12-33(38,39)13-17)28(37)26(18)25-19-14-34(24-8-5-9-41-24,16-6-3-2-4-7-16)48-21(19)11-20(36)27(25)35/h2-4,6-7,10-11,15,17,24,41H,5,8-9,12-14H2,1H3,(H,40,44)/t24-,34-/m0/s1. The molecule has 0 unspecified atom stereocenters. The number of rotatable bonds is 5. The Kier molecular flexibility index (Phi) is 7.01. The second kappa shape index (κ2) is 11.0. The largest absolute Gasteiger partial charge is 0.480 e. The molecule has 248 valence electrons. The molecule has 0 radical (unpaired) electrons. The lowest BCUT2D eigenvalue weighted by molar-refractivity contribution is -0.108. The minimum atomic E-state index is -2.93. The van der Waals surface area contributed by atoms with Crippen LogP contribution in [0.15, 0.2) is 53.5 Å². The molecule has 4 aromatic rings. The lowest BCUT2D eigenvalue weighted by atomic mass is 9.80. The van der Waals surface area contributed by atoms with Crippen molar-refractivity contribution in [3.63, 3.8) is 0 Å². The minimum Gasteiger partial charge on any atom is -0.480 e. The van der Waals surface area contributed by atoms with Crippen LogP contribution < -0.4 is 30.4 Å². The summed E-state index contributed by atoms with van der Waals surface area (Å²) in [5.74, 6) is -7.08. The summed E-state index contributed by atoms with van der Waals surface area (Å²) in [7, 11) is 1.35. The van der Waals surface area contributed by atoms with E-state index >= 15 is 8.78 Å². The molecule has 4 heterocycles. The highest BCUT2D eigenvalue weighted by atomic mass is 35.5. The zero-order valence-electron chi connectivity index (χ0n) is 25.3. The van der Waals surface area contributed by atoms with Crippen molar-refractivity contribution < 1.29 is 36.6 Å². The van der Waals surface area contributed by atoms with E-state index in [1.165, 1.54) is 13.1 Å². The summed E-state index contributed by atoms with van der Waals surface area (Å²) in [6.07, 6.45) is 1.74. The lowest BCUT2D eigenvalue weighted by Crippen LogP contribution is -2.48. The van der Waals surface area contributed by atoms with Crippen molar-refractivity contribution in [1.82, 2.24) is 20.4 Å². The maximum Gasteiger partial charge on any atom is 0.313 e. The molecule has 2 atom stereocenters. The minimum absolute atomic E-state index is 0.111. The van der Waals surface area contributed by atoms with Gasteiger partial charge in [0.1, 0.15) is 11.6 Å². The molecule has 1 aromatic heterocycles. The molecule has 3 aliphatic heterocycles. The van der Waals surface area contributed by atoms with E-state index in [2.05, 4.69) is 15.7 Å². The average molecular weight is 683 g/mol. The average Bonchev–Trinajstić information content (AvgIpc) is 3.74. The van der Waals surface area contributed by atoms with Crippen molar-refractivity contribution in [1.29, 1.82) is 0 Å². The number of halogens is 5. The number of aromatic nitrogens is 2. The molecule has 0 bridgehead atoms. The Bertz CT molecular complexity index is 2060. The van der Waals surface area contributed by atoms with Crippen LogP contribution in [0.3, 0.4) is 0 Å². The van der Waals surface area contributed by atoms with E-state index in [-0.39, 0.29) is 46.4 Å². The first kappa shape index (κ1) is 30.7. The van der Waals surface area contributed by atoms with E-state index in [1.807, 2.05) is 30.3 Å². The number of carbonyl (C=O) groups excluding carboxylic acids is 1. The first-order valence-electron chi connectivity index (χ1n) is 15.4. The van der Waals surface area contributed by atoms with E-state index in [0.717, 1.165) is 41.9 Å². The van der Waals surface area contributed by atoms with Gasteiger partial charge in [0.2, 0.25) is 11.5 Å². The molecule has 48 heavy (non-hydrogen) atoms. The molecular weight excluding hydrogens is 656 g/mol. The Morgan fingerprint density at radius 3 is 2.52 bits per heavy atom. The highest BCUT2D eigenvalue weighted by molar-refractivity contribution is 6.34. The molecule has 2 fully saturated rings. The van der Waals surface area contributed by atoms with Gasteiger partial charge in [0.25, 0.3) is 11.8 Å². The smallest absolute Gasteiger partial charge is 0.313 e. The van der Waals surface area contributed by atoms with Gasteiger partial charge in [-0.1, -0.05) is 41.9 Å². The zero-order chi connectivity index (χ0) is 33.5. The molecule has 4 aliphatic rings. The Hall–Kier alpha value is -4.62. The van der Waals surface area contributed by atoms with Crippen LogP contribution in [0.2, 0.25) is 5.02 Å². The number of benzene rings is 3. The van der Waals surface area contributed by atoms with Gasteiger partial charge in [0.15, 0.2) is 22.9 Å². The highest BCUT2D eigenvalue weighted by Crippen LogP contribution is 2.55. The van der Waals surface area contributed by atoms with Gasteiger partial charge in [0, 0.05) is 49.1 Å². The molecule has 1 aliphatic carbocycles. The highest BCUT2D eigenvalue weighted by Gasteiger charge is 2.51. The van der Waals surface area contributed by atoms with Crippen LogP contribution >= 0.6 is 11.6 Å². The molecule has 14 heteroatoms. The summed E-state index contributed by atoms with van der Waals surface area (Å²) in [6.45, 7) is 0.750. The molecule has 1 amide bonds. The van der Waals surface area contributed by atoms with E-state index < -0.39 is 70.0 Å². The third-order valence-corrected chi connectivity index (χ3v) is 9.95. The summed E-state index contributed by atoms with van der Waals surface area (Å²) in [5, 5.41) is 9.48.